The highest BCUT2D eigenvalue weighted by molar-refractivity contribution is 6.30. The van der Waals surface area contributed by atoms with Gasteiger partial charge in [-0.05, 0) is 36.2 Å². The number of carbonyl (C=O) groups excluding carboxylic acids is 1. The Labute approximate surface area is 121 Å². The second-order valence-electron chi connectivity index (χ2n) is 3.96. The fourth-order valence-corrected chi connectivity index (χ4v) is 1.81. The van der Waals surface area contributed by atoms with Crippen LogP contribution in [0.2, 0.25) is 5.02 Å². The zero-order valence-electron chi connectivity index (χ0n) is 10.9. The van der Waals surface area contributed by atoms with Gasteiger partial charge in [-0.15, -0.1) is 0 Å². The normalized spacial score (nSPS) is 10.1. The molecular formula is C14H13ClN2O3. The second-order valence-corrected chi connectivity index (χ2v) is 4.40. The van der Waals surface area contributed by atoms with Gasteiger partial charge in [0.2, 0.25) is 0 Å². The number of hydrogen-bond donors (Lipinski definition) is 0. The van der Waals surface area contributed by atoms with Crippen molar-refractivity contribution >= 4 is 17.6 Å². The Morgan fingerprint density at radius 1 is 1.30 bits per heavy atom. The van der Waals surface area contributed by atoms with Crippen LogP contribution in [0.5, 0.6) is 11.8 Å². The number of hydrogen-bond acceptors (Lipinski definition) is 5. The van der Waals surface area contributed by atoms with E-state index in [1.807, 2.05) is 0 Å². The summed E-state index contributed by atoms with van der Waals surface area (Å²) in [6.45, 7) is 0. The monoisotopic (exact) mass is 292 g/mol. The van der Waals surface area contributed by atoms with Crippen molar-refractivity contribution in [1.82, 2.24) is 9.97 Å². The van der Waals surface area contributed by atoms with Gasteiger partial charge < -0.3 is 9.47 Å². The van der Waals surface area contributed by atoms with Crippen LogP contribution in [0, 0.1) is 0 Å². The van der Waals surface area contributed by atoms with E-state index in [0.717, 1.165) is 5.56 Å². The lowest BCUT2D eigenvalue weighted by Crippen LogP contribution is -2.03. The van der Waals surface area contributed by atoms with Crippen LogP contribution in [-0.2, 0) is 16.0 Å². The molecule has 5 nitrogen and oxygen atoms in total. The molecule has 104 valence electrons. The van der Waals surface area contributed by atoms with Gasteiger partial charge in [0.1, 0.15) is 5.75 Å². The number of rotatable bonds is 5. The highest BCUT2D eigenvalue weighted by Crippen LogP contribution is 2.27. The Kier molecular flexibility index (Phi) is 4.90. The summed E-state index contributed by atoms with van der Waals surface area (Å²) in [4.78, 5) is 19.2. The van der Waals surface area contributed by atoms with Crippen molar-refractivity contribution in [3.63, 3.8) is 0 Å². The van der Waals surface area contributed by atoms with Crippen LogP contribution in [0.3, 0.4) is 0 Å². The van der Waals surface area contributed by atoms with Gasteiger partial charge in [-0.3, -0.25) is 4.79 Å². The molecule has 0 bridgehead atoms. The zero-order chi connectivity index (χ0) is 14.4. The number of esters is 1. The molecule has 0 spiro atoms. The summed E-state index contributed by atoms with van der Waals surface area (Å²) < 4.78 is 10.2. The predicted octanol–water partition coefficient (Wildman–Crippen LogP) is 3.03. The van der Waals surface area contributed by atoms with Gasteiger partial charge in [-0.1, -0.05) is 11.6 Å². The molecule has 0 aliphatic rings. The van der Waals surface area contributed by atoms with E-state index in [1.54, 1.807) is 36.7 Å². The number of halogens is 1. The number of methoxy groups -OCH3 is 1. The summed E-state index contributed by atoms with van der Waals surface area (Å²) in [5.74, 6) is 0.288. The summed E-state index contributed by atoms with van der Waals surface area (Å²) in [6, 6.07) is 7.14. The molecule has 0 aliphatic heterocycles. The van der Waals surface area contributed by atoms with Crippen LogP contribution < -0.4 is 4.74 Å². The highest BCUT2D eigenvalue weighted by atomic mass is 35.5. The first kappa shape index (κ1) is 14.3. The lowest BCUT2D eigenvalue weighted by atomic mass is 10.1. The van der Waals surface area contributed by atoms with Crippen molar-refractivity contribution in [2.75, 3.05) is 7.11 Å². The lowest BCUT2D eigenvalue weighted by Gasteiger charge is -2.09. The van der Waals surface area contributed by atoms with E-state index in [2.05, 4.69) is 14.7 Å². The minimum Gasteiger partial charge on any atom is -0.469 e. The molecule has 0 N–H and O–H groups in total. The van der Waals surface area contributed by atoms with Gasteiger partial charge in [0.05, 0.1) is 7.11 Å². The van der Waals surface area contributed by atoms with Crippen LogP contribution in [-0.4, -0.2) is 23.0 Å². The maximum atomic E-state index is 11.2. The average molecular weight is 293 g/mol. The molecule has 2 aromatic rings. The molecule has 0 amide bonds. The molecule has 1 aromatic carbocycles. The number of carbonyl (C=O) groups is 1. The molecule has 0 saturated heterocycles. The Morgan fingerprint density at radius 2 is 2.05 bits per heavy atom. The molecule has 0 unspecified atom stereocenters. The van der Waals surface area contributed by atoms with Gasteiger partial charge in [0.25, 0.3) is 0 Å². The molecule has 1 heterocycles. The first-order valence-corrected chi connectivity index (χ1v) is 6.37. The number of nitrogens with zero attached hydrogens (tertiary/aromatic N) is 2. The van der Waals surface area contributed by atoms with Crippen LogP contribution in [0.4, 0.5) is 0 Å². The Morgan fingerprint density at radius 3 is 2.75 bits per heavy atom. The van der Waals surface area contributed by atoms with Gasteiger partial charge >= 0.3 is 12.0 Å². The van der Waals surface area contributed by atoms with E-state index in [4.69, 9.17) is 16.3 Å². The molecule has 20 heavy (non-hydrogen) atoms. The fourth-order valence-electron chi connectivity index (χ4n) is 1.62. The maximum absolute atomic E-state index is 11.2. The van der Waals surface area contributed by atoms with E-state index in [0.29, 0.717) is 17.2 Å². The third-order valence-corrected chi connectivity index (χ3v) is 2.83. The number of ether oxygens (including phenoxy) is 2. The van der Waals surface area contributed by atoms with Crippen molar-refractivity contribution < 1.29 is 14.3 Å². The van der Waals surface area contributed by atoms with Crippen LogP contribution in [0.25, 0.3) is 0 Å². The fraction of sp³-hybridized carbons (Fsp3) is 0.214. The van der Waals surface area contributed by atoms with Crippen molar-refractivity contribution in [1.29, 1.82) is 0 Å². The van der Waals surface area contributed by atoms with Gasteiger partial charge in [0, 0.05) is 23.8 Å². The molecule has 0 atom stereocenters. The molecular weight excluding hydrogens is 280 g/mol. The van der Waals surface area contributed by atoms with Gasteiger partial charge in [-0.25, -0.2) is 9.97 Å². The standard InChI is InChI=1S/C14H13ClN2O3/c1-19-13(18)6-3-10-9-11(15)4-5-12(10)20-14-16-7-2-8-17-14/h2,4-5,7-9H,3,6H2,1H3. The smallest absolute Gasteiger partial charge is 0.321 e. The molecule has 0 fully saturated rings. The lowest BCUT2D eigenvalue weighted by molar-refractivity contribution is -0.140. The van der Waals surface area contributed by atoms with Gasteiger partial charge in [0.15, 0.2) is 0 Å². The van der Waals surface area contributed by atoms with Gasteiger partial charge in [-0.2, -0.15) is 0 Å². The van der Waals surface area contributed by atoms with E-state index in [1.165, 1.54) is 7.11 Å². The topological polar surface area (TPSA) is 61.3 Å². The summed E-state index contributed by atoms with van der Waals surface area (Å²) in [5, 5.41) is 0.575. The minimum atomic E-state index is -0.285. The van der Waals surface area contributed by atoms with Crippen molar-refractivity contribution in [2.24, 2.45) is 0 Å². The molecule has 0 saturated carbocycles. The quantitative estimate of drug-likeness (QED) is 0.793. The summed E-state index contributed by atoms with van der Waals surface area (Å²) >= 11 is 5.97. The zero-order valence-corrected chi connectivity index (χ0v) is 11.6. The minimum absolute atomic E-state index is 0.245. The van der Waals surface area contributed by atoms with Crippen molar-refractivity contribution in [3.8, 4) is 11.8 Å². The first-order valence-electron chi connectivity index (χ1n) is 5.99. The number of aromatic nitrogens is 2. The van der Waals surface area contributed by atoms with Crippen molar-refractivity contribution in [2.45, 2.75) is 12.8 Å². The predicted molar refractivity (Wildman–Crippen MR) is 73.9 cm³/mol. The second kappa shape index (κ2) is 6.86. The van der Waals surface area contributed by atoms with E-state index >= 15 is 0 Å². The maximum Gasteiger partial charge on any atom is 0.321 e. The number of benzene rings is 1. The van der Waals surface area contributed by atoms with E-state index < -0.39 is 0 Å². The van der Waals surface area contributed by atoms with Crippen LogP contribution in [0.1, 0.15) is 12.0 Å². The third-order valence-electron chi connectivity index (χ3n) is 2.59. The summed E-state index contributed by atoms with van der Waals surface area (Å²) in [6.07, 6.45) is 3.90. The van der Waals surface area contributed by atoms with E-state index in [-0.39, 0.29) is 18.4 Å². The molecule has 6 heteroatoms. The molecule has 2 rings (SSSR count). The highest BCUT2D eigenvalue weighted by Gasteiger charge is 2.10. The SMILES string of the molecule is COC(=O)CCc1cc(Cl)ccc1Oc1ncccn1. The number of aryl methyl sites for hydroxylation is 1. The summed E-state index contributed by atoms with van der Waals surface area (Å²) in [7, 11) is 1.36. The first-order chi connectivity index (χ1) is 9.69. The molecule has 0 aliphatic carbocycles. The van der Waals surface area contributed by atoms with Crippen LogP contribution in [0.15, 0.2) is 36.7 Å². The Bertz CT molecular complexity index is 590. The van der Waals surface area contributed by atoms with E-state index in [9.17, 15) is 4.79 Å². The van der Waals surface area contributed by atoms with Crippen LogP contribution >= 0.6 is 11.6 Å². The Hall–Kier alpha value is -2.14. The summed E-state index contributed by atoms with van der Waals surface area (Å²) in [5.41, 5.74) is 0.801. The molecule has 0 radical (unpaired) electrons. The van der Waals surface area contributed by atoms with Crippen molar-refractivity contribution in [3.05, 3.63) is 47.2 Å². The average Bonchev–Trinajstić information content (AvgIpc) is 2.48. The largest absolute Gasteiger partial charge is 0.469 e. The molecule has 1 aromatic heterocycles. The Balaban J connectivity index is 2.17. The third kappa shape index (κ3) is 3.93.